The maximum absolute atomic E-state index is 11.8. The van der Waals surface area contributed by atoms with E-state index in [4.69, 9.17) is 11.6 Å². The van der Waals surface area contributed by atoms with Gasteiger partial charge in [-0.2, -0.15) is 0 Å². The first-order valence-electron chi connectivity index (χ1n) is 9.77. The normalized spacial score (nSPS) is 12.5. The van der Waals surface area contributed by atoms with Crippen molar-refractivity contribution >= 4 is 27.4 Å². The third kappa shape index (κ3) is 5.27. The molecular formula is C23H20ClN5O2S. The van der Waals surface area contributed by atoms with Gasteiger partial charge in [0.15, 0.2) is 0 Å². The maximum Gasteiger partial charge on any atom is 0.230 e. The van der Waals surface area contributed by atoms with Crippen molar-refractivity contribution in [1.82, 2.24) is 19.9 Å². The van der Waals surface area contributed by atoms with E-state index in [0.717, 1.165) is 17.4 Å². The van der Waals surface area contributed by atoms with Crippen LogP contribution in [0.2, 0.25) is 5.02 Å². The molecule has 4 rings (SSSR count). The summed E-state index contributed by atoms with van der Waals surface area (Å²) in [7, 11) is -3.48. The van der Waals surface area contributed by atoms with Gasteiger partial charge in [-0.1, -0.05) is 29.8 Å². The van der Waals surface area contributed by atoms with Gasteiger partial charge in [-0.15, -0.1) is 0 Å². The van der Waals surface area contributed by atoms with Crippen molar-refractivity contribution in [3.05, 3.63) is 113 Å². The first kappa shape index (κ1) is 21.9. The number of hydrogen-bond donors (Lipinski definition) is 1. The second kappa shape index (κ2) is 9.42. The molecule has 0 aliphatic rings. The molecule has 0 amide bonds. The first-order chi connectivity index (χ1) is 15.4. The Bertz CT molecular complexity index is 1260. The Morgan fingerprint density at radius 3 is 2.09 bits per heavy atom. The van der Waals surface area contributed by atoms with E-state index in [2.05, 4.69) is 24.7 Å². The Hall–Kier alpha value is -3.36. The number of pyridine rings is 4. The van der Waals surface area contributed by atoms with Gasteiger partial charge in [-0.05, 0) is 47.5 Å². The molecule has 1 N–H and O–H groups in total. The second-order valence-electron chi connectivity index (χ2n) is 7.25. The SMILES string of the molecule is CS(=O)(=O)Nc1cccc(C(c2cc(Cl)ccn2)C(c2cccnc2)c2cccnc2)n1. The van der Waals surface area contributed by atoms with Crippen LogP contribution in [0.25, 0.3) is 0 Å². The van der Waals surface area contributed by atoms with E-state index in [0.29, 0.717) is 16.4 Å². The predicted molar refractivity (Wildman–Crippen MR) is 124 cm³/mol. The number of nitrogens with one attached hydrogen (secondary N) is 1. The van der Waals surface area contributed by atoms with Gasteiger partial charge in [0.2, 0.25) is 10.0 Å². The minimum absolute atomic E-state index is 0.230. The number of halogens is 1. The van der Waals surface area contributed by atoms with E-state index >= 15 is 0 Å². The van der Waals surface area contributed by atoms with Gasteiger partial charge >= 0.3 is 0 Å². The monoisotopic (exact) mass is 465 g/mol. The zero-order chi connectivity index (χ0) is 22.6. The van der Waals surface area contributed by atoms with Crippen molar-refractivity contribution in [2.24, 2.45) is 0 Å². The largest absolute Gasteiger partial charge is 0.268 e. The molecule has 4 aromatic heterocycles. The van der Waals surface area contributed by atoms with Gasteiger partial charge in [0.05, 0.1) is 23.6 Å². The molecule has 0 fully saturated rings. The van der Waals surface area contributed by atoms with E-state index < -0.39 is 10.0 Å². The van der Waals surface area contributed by atoms with Crippen LogP contribution in [0.1, 0.15) is 34.4 Å². The highest BCUT2D eigenvalue weighted by molar-refractivity contribution is 7.92. The average molecular weight is 466 g/mol. The Kier molecular flexibility index (Phi) is 6.43. The summed E-state index contributed by atoms with van der Waals surface area (Å²) in [5.74, 6) is -0.402. The molecule has 162 valence electrons. The molecule has 0 radical (unpaired) electrons. The molecule has 7 nitrogen and oxygen atoms in total. The summed E-state index contributed by atoms with van der Waals surface area (Å²) in [6.45, 7) is 0. The number of aromatic nitrogens is 4. The standard InChI is InChI=1S/C23H20ClN5O2S/c1-32(30,31)29-21-8-2-7-19(28-21)23(20-13-18(24)9-12-27-20)22(16-5-3-10-25-14-16)17-6-4-11-26-15-17/h2-15,22-23H,1H3,(H,28,29). The van der Waals surface area contributed by atoms with E-state index in [1.54, 1.807) is 55.2 Å². The molecule has 9 heteroatoms. The molecule has 0 bridgehead atoms. The predicted octanol–water partition coefficient (Wildman–Crippen LogP) is 4.26. The lowest BCUT2D eigenvalue weighted by Gasteiger charge is -2.27. The summed E-state index contributed by atoms with van der Waals surface area (Å²) in [5, 5.41) is 0.543. The van der Waals surface area contributed by atoms with Gasteiger partial charge in [-0.3, -0.25) is 19.7 Å². The molecule has 1 atom stereocenters. The highest BCUT2D eigenvalue weighted by Crippen LogP contribution is 2.41. The van der Waals surface area contributed by atoms with E-state index in [1.165, 1.54) is 0 Å². The number of sulfonamides is 1. The van der Waals surface area contributed by atoms with Gasteiger partial charge in [-0.25, -0.2) is 13.4 Å². The van der Waals surface area contributed by atoms with Crippen molar-refractivity contribution in [2.45, 2.75) is 11.8 Å². The maximum atomic E-state index is 11.8. The van der Waals surface area contributed by atoms with Crippen molar-refractivity contribution in [1.29, 1.82) is 0 Å². The summed E-state index contributed by atoms with van der Waals surface area (Å²) < 4.78 is 26.0. The number of anilines is 1. The van der Waals surface area contributed by atoms with E-state index in [1.807, 2.05) is 30.3 Å². The average Bonchev–Trinajstić information content (AvgIpc) is 2.77. The zero-order valence-corrected chi connectivity index (χ0v) is 18.7. The molecule has 0 saturated heterocycles. The van der Waals surface area contributed by atoms with Crippen LogP contribution in [0.3, 0.4) is 0 Å². The lowest BCUT2D eigenvalue weighted by Crippen LogP contribution is -2.18. The summed E-state index contributed by atoms with van der Waals surface area (Å²) in [5.41, 5.74) is 3.21. The fourth-order valence-corrected chi connectivity index (χ4v) is 4.31. The first-order valence-corrected chi connectivity index (χ1v) is 12.0. The fraction of sp³-hybridized carbons (Fsp3) is 0.130. The van der Waals surface area contributed by atoms with Gasteiger partial charge in [0.1, 0.15) is 5.82 Å². The number of hydrogen-bond acceptors (Lipinski definition) is 6. The van der Waals surface area contributed by atoms with Crippen LogP contribution in [-0.2, 0) is 10.0 Å². The van der Waals surface area contributed by atoms with Crippen LogP contribution in [0.15, 0.2) is 85.6 Å². The molecule has 4 heterocycles. The minimum Gasteiger partial charge on any atom is -0.268 e. The molecule has 32 heavy (non-hydrogen) atoms. The summed E-state index contributed by atoms with van der Waals surface area (Å²) in [6, 6.07) is 16.4. The topological polar surface area (TPSA) is 97.7 Å². The van der Waals surface area contributed by atoms with Crippen LogP contribution in [-0.4, -0.2) is 34.6 Å². The zero-order valence-electron chi connectivity index (χ0n) is 17.1. The lowest BCUT2D eigenvalue weighted by atomic mass is 9.78. The van der Waals surface area contributed by atoms with Crippen LogP contribution >= 0.6 is 11.6 Å². The summed E-state index contributed by atoms with van der Waals surface area (Å²) >= 11 is 6.31. The second-order valence-corrected chi connectivity index (χ2v) is 9.43. The van der Waals surface area contributed by atoms with E-state index in [-0.39, 0.29) is 17.7 Å². The van der Waals surface area contributed by atoms with Crippen molar-refractivity contribution in [3.63, 3.8) is 0 Å². The Morgan fingerprint density at radius 1 is 0.844 bits per heavy atom. The van der Waals surface area contributed by atoms with Crippen LogP contribution in [0.5, 0.6) is 0 Å². The molecule has 0 aromatic carbocycles. The van der Waals surface area contributed by atoms with Gasteiger partial charge < -0.3 is 0 Å². The number of rotatable bonds is 7. The Balaban J connectivity index is 1.94. The lowest BCUT2D eigenvalue weighted by molar-refractivity contribution is 0.606. The quantitative estimate of drug-likeness (QED) is 0.438. The van der Waals surface area contributed by atoms with Crippen molar-refractivity contribution in [2.75, 3.05) is 11.0 Å². The molecule has 0 aliphatic heterocycles. The molecule has 0 spiro atoms. The molecule has 0 aliphatic carbocycles. The molecular weight excluding hydrogens is 446 g/mol. The van der Waals surface area contributed by atoms with Gasteiger partial charge in [0, 0.05) is 41.9 Å². The van der Waals surface area contributed by atoms with Crippen LogP contribution in [0, 0.1) is 0 Å². The third-order valence-corrected chi connectivity index (χ3v) is 5.68. The van der Waals surface area contributed by atoms with Crippen molar-refractivity contribution in [3.8, 4) is 0 Å². The molecule has 4 aromatic rings. The van der Waals surface area contributed by atoms with Crippen molar-refractivity contribution < 1.29 is 8.42 Å². The summed E-state index contributed by atoms with van der Waals surface area (Å²) in [4.78, 5) is 17.8. The smallest absolute Gasteiger partial charge is 0.230 e. The highest BCUT2D eigenvalue weighted by Gasteiger charge is 2.31. The van der Waals surface area contributed by atoms with E-state index in [9.17, 15) is 8.42 Å². The molecule has 1 unspecified atom stereocenters. The van der Waals surface area contributed by atoms with Crippen LogP contribution < -0.4 is 4.72 Å². The Morgan fingerprint density at radius 2 is 1.53 bits per heavy atom. The van der Waals surface area contributed by atoms with Gasteiger partial charge in [0.25, 0.3) is 0 Å². The third-order valence-electron chi connectivity index (χ3n) is 4.86. The molecule has 0 saturated carbocycles. The van der Waals surface area contributed by atoms with Crippen LogP contribution in [0.4, 0.5) is 5.82 Å². The minimum atomic E-state index is -3.48. The fourth-order valence-electron chi connectivity index (χ4n) is 3.65. The number of nitrogens with zero attached hydrogens (tertiary/aromatic N) is 4. The highest BCUT2D eigenvalue weighted by atomic mass is 35.5. The Labute approximate surface area is 191 Å². The summed E-state index contributed by atoms with van der Waals surface area (Å²) in [6.07, 6.45) is 9.76.